The number of ether oxygens (including phenoxy) is 1. The van der Waals surface area contributed by atoms with Crippen molar-refractivity contribution in [2.45, 2.75) is 6.92 Å². The van der Waals surface area contributed by atoms with Crippen LogP contribution < -0.4 is 19.9 Å². The summed E-state index contributed by atoms with van der Waals surface area (Å²) in [5.74, 6) is -0.127. The SMILES string of the molecule is CCN(C(=O)c1ccc(NC2=C(Cl)C(=O)N(c3ccc(Oc4ccccc4)cc3)C2=O)cc1)c1ccccc1. The van der Waals surface area contributed by atoms with Gasteiger partial charge in [-0.25, -0.2) is 4.90 Å². The van der Waals surface area contributed by atoms with Crippen LogP contribution in [0.5, 0.6) is 11.5 Å². The topological polar surface area (TPSA) is 79.0 Å². The number of hydrogen-bond acceptors (Lipinski definition) is 5. The number of nitrogens with one attached hydrogen (secondary N) is 1. The van der Waals surface area contributed by atoms with Crippen molar-refractivity contribution >= 4 is 46.4 Å². The van der Waals surface area contributed by atoms with Crippen molar-refractivity contribution in [3.8, 4) is 11.5 Å². The average molecular weight is 538 g/mol. The Morgan fingerprint density at radius 3 is 2.00 bits per heavy atom. The van der Waals surface area contributed by atoms with E-state index in [1.807, 2.05) is 67.6 Å². The lowest BCUT2D eigenvalue weighted by Crippen LogP contribution is -2.32. The van der Waals surface area contributed by atoms with Crippen LogP contribution in [-0.4, -0.2) is 24.3 Å². The van der Waals surface area contributed by atoms with Gasteiger partial charge in [-0.1, -0.05) is 48.0 Å². The van der Waals surface area contributed by atoms with Gasteiger partial charge in [-0.3, -0.25) is 14.4 Å². The predicted octanol–water partition coefficient (Wildman–Crippen LogP) is 6.58. The van der Waals surface area contributed by atoms with E-state index in [-0.39, 0.29) is 16.6 Å². The van der Waals surface area contributed by atoms with E-state index < -0.39 is 11.8 Å². The second kappa shape index (κ2) is 11.2. The number of benzene rings is 4. The van der Waals surface area contributed by atoms with Gasteiger partial charge in [-0.15, -0.1) is 0 Å². The lowest BCUT2D eigenvalue weighted by Gasteiger charge is -2.21. The molecule has 1 aliphatic heterocycles. The molecule has 8 heteroatoms. The first-order valence-electron chi connectivity index (χ1n) is 12.3. The Hall–Kier alpha value is -4.88. The third-order valence-electron chi connectivity index (χ3n) is 6.13. The van der Waals surface area contributed by atoms with E-state index >= 15 is 0 Å². The van der Waals surface area contributed by atoms with Gasteiger partial charge in [0.15, 0.2) is 0 Å². The van der Waals surface area contributed by atoms with Crippen LogP contribution in [0.3, 0.4) is 0 Å². The largest absolute Gasteiger partial charge is 0.457 e. The van der Waals surface area contributed by atoms with Gasteiger partial charge in [0.1, 0.15) is 22.2 Å². The molecule has 0 bridgehead atoms. The summed E-state index contributed by atoms with van der Waals surface area (Å²) in [5, 5.41) is 2.73. The summed E-state index contributed by atoms with van der Waals surface area (Å²) in [6.45, 7) is 2.42. The number of carbonyl (C=O) groups excluding carboxylic acids is 3. The Labute approximate surface area is 230 Å². The van der Waals surface area contributed by atoms with Crippen molar-refractivity contribution in [2.24, 2.45) is 0 Å². The van der Waals surface area contributed by atoms with Crippen LogP contribution in [-0.2, 0) is 9.59 Å². The molecule has 7 nitrogen and oxygen atoms in total. The molecule has 1 N–H and O–H groups in total. The van der Waals surface area contributed by atoms with Crippen LogP contribution in [0.25, 0.3) is 0 Å². The quantitative estimate of drug-likeness (QED) is 0.257. The molecule has 1 aliphatic rings. The fourth-order valence-corrected chi connectivity index (χ4v) is 4.39. The van der Waals surface area contributed by atoms with Gasteiger partial charge in [0.25, 0.3) is 17.7 Å². The van der Waals surface area contributed by atoms with Gasteiger partial charge < -0.3 is 15.0 Å². The molecule has 0 aliphatic carbocycles. The van der Waals surface area contributed by atoms with Crippen molar-refractivity contribution in [3.63, 3.8) is 0 Å². The minimum atomic E-state index is -0.630. The molecular weight excluding hydrogens is 514 g/mol. The number of hydrogen-bond donors (Lipinski definition) is 1. The maximum Gasteiger partial charge on any atom is 0.283 e. The van der Waals surface area contributed by atoms with E-state index in [1.165, 1.54) is 0 Å². The first-order valence-corrected chi connectivity index (χ1v) is 12.7. The first kappa shape index (κ1) is 25.8. The summed E-state index contributed by atoms with van der Waals surface area (Å²) in [5.41, 5.74) is 2.13. The predicted molar refractivity (Wildman–Crippen MR) is 152 cm³/mol. The van der Waals surface area contributed by atoms with Crippen molar-refractivity contribution in [3.05, 3.63) is 125 Å². The standard InChI is InChI=1S/C31H24ClN3O4/c1-2-34(23-9-5-3-6-10-23)29(36)21-13-15-22(16-14-21)33-28-27(32)30(37)35(31(28)38)24-17-19-26(20-18-24)39-25-11-7-4-8-12-25/h3-20,33H,2H2,1H3. The molecule has 194 valence electrons. The van der Waals surface area contributed by atoms with Crippen molar-refractivity contribution < 1.29 is 19.1 Å². The summed E-state index contributed by atoms with van der Waals surface area (Å²) >= 11 is 6.29. The van der Waals surface area contributed by atoms with E-state index in [4.69, 9.17) is 16.3 Å². The molecular formula is C31H24ClN3O4. The lowest BCUT2D eigenvalue weighted by atomic mass is 10.1. The van der Waals surface area contributed by atoms with E-state index in [9.17, 15) is 14.4 Å². The normalized spacial score (nSPS) is 13.0. The summed E-state index contributed by atoms with van der Waals surface area (Å²) in [6.07, 6.45) is 0. The zero-order valence-corrected chi connectivity index (χ0v) is 21.8. The van der Waals surface area contributed by atoms with Crippen LogP contribution >= 0.6 is 11.6 Å². The van der Waals surface area contributed by atoms with Crippen LogP contribution in [0.4, 0.5) is 17.1 Å². The molecule has 0 unspecified atom stereocenters. The number of rotatable bonds is 8. The highest BCUT2D eigenvalue weighted by Gasteiger charge is 2.39. The van der Waals surface area contributed by atoms with Crippen molar-refractivity contribution in [1.82, 2.24) is 0 Å². The highest BCUT2D eigenvalue weighted by molar-refractivity contribution is 6.53. The molecule has 0 saturated heterocycles. The number of imide groups is 1. The van der Waals surface area contributed by atoms with Crippen molar-refractivity contribution in [1.29, 1.82) is 0 Å². The number of nitrogens with zero attached hydrogens (tertiary/aromatic N) is 2. The fourth-order valence-electron chi connectivity index (χ4n) is 4.18. The number of halogens is 1. The van der Waals surface area contributed by atoms with Gasteiger partial charge in [0.2, 0.25) is 0 Å². The maximum absolute atomic E-state index is 13.2. The monoisotopic (exact) mass is 537 g/mol. The van der Waals surface area contributed by atoms with Crippen LogP contribution in [0.1, 0.15) is 17.3 Å². The molecule has 1 heterocycles. The molecule has 4 aromatic rings. The van der Waals surface area contributed by atoms with E-state index in [2.05, 4.69) is 5.32 Å². The molecule has 0 fully saturated rings. The molecule has 39 heavy (non-hydrogen) atoms. The Balaban J connectivity index is 1.28. The van der Waals surface area contributed by atoms with Gasteiger partial charge in [0.05, 0.1) is 5.69 Å². The zero-order valence-electron chi connectivity index (χ0n) is 21.0. The second-order valence-corrected chi connectivity index (χ2v) is 9.01. The Morgan fingerprint density at radius 1 is 0.795 bits per heavy atom. The Kier molecular flexibility index (Phi) is 7.43. The number of carbonyl (C=O) groups is 3. The molecule has 0 saturated carbocycles. The van der Waals surface area contributed by atoms with Crippen molar-refractivity contribution in [2.75, 3.05) is 21.7 Å². The summed E-state index contributed by atoms with van der Waals surface area (Å²) in [4.78, 5) is 41.8. The summed E-state index contributed by atoms with van der Waals surface area (Å²) < 4.78 is 5.78. The van der Waals surface area contributed by atoms with E-state index in [1.54, 1.807) is 53.4 Å². The maximum atomic E-state index is 13.2. The third-order valence-corrected chi connectivity index (χ3v) is 6.48. The molecule has 4 aromatic carbocycles. The molecule has 0 radical (unpaired) electrons. The highest BCUT2D eigenvalue weighted by Crippen LogP contribution is 2.32. The zero-order chi connectivity index (χ0) is 27.4. The summed E-state index contributed by atoms with van der Waals surface area (Å²) in [6, 6.07) is 31.9. The Bertz CT molecular complexity index is 1540. The van der Waals surface area contributed by atoms with Gasteiger partial charge in [-0.05, 0) is 79.7 Å². The minimum Gasteiger partial charge on any atom is -0.457 e. The summed E-state index contributed by atoms with van der Waals surface area (Å²) in [7, 11) is 0. The lowest BCUT2D eigenvalue weighted by molar-refractivity contribution is -0.120. The Morgan fingerprint density at radius 2 is 1.38 bits per heavy atom. The number of para-hydroxylation sites is 2. The number of anilines is 3. The van der Waals surface area contributed by atoms with Crippen LogP contribution in [0.15, 0.2) is 120 Å². The number of amides is 3. The molecule has 0 atom stereocenters. The van der Waals surface area contributed by atoms with Crippen LogP contribution in [0, 0.1) is 0 Å². The van der Waals surface area contributed by atoms with Gasteiger partial charge in [0, 0.05) is 23.5 Å². The third kappa shape index (κ3) is 5.39. The molecule has 0 spiro atoms. The smallest absolute Gasteiger partial charge is 0.283 e. The first-order chi connectivity index (χ1) is 19.0. The molecule has 5 rings (SSSR count). The second-order valence-electron chi connectivity index (χ2n) is 8.63. The van der Waals surface area contributed by atoms with Gasteiger partial charge >= 0.3 is 0 Å². The van der Waals surface area contributed by atoms with Crippen LogP contribution in [0.2, 0.25) is 0 Å². The fraction of sp³-hybridized carbons (Fsp3) is 0.0645. The molecule has 3 amide bonds. The minimum absolute atomic E-state index is 0.0372. The molecule has 0 aromatic heterocycles. The van der Waals surface area contributed by atoms with E-state index in [0.29, 0.717) is 35.0 Å². The highest BCUT2D eigenvalue weighted by atomic mass is 35.5. The van der Waals surface area contributed by atoms with Gasteiger partial charge in [-0.2, -0.15) is 0 Å². The van der Waals surface area contributed by atoms with E-state index in [0.717, 1.165) is 10.6 Å². The average Bonchev–Trinajstić information content (AvgIpc) is 3.18.